The summed E-state index contributed by atoms with van der Waals surface area (Å²) >= 11 is 0. The minimum Gasteiger partial charge on any atom is -0.382 e. The van der Waals surface area contributed by atoms with Crippen molar-refractivity contribution in [2.75, 3.05) is 18.8 Å². The van der Waals surface area contributed by atoms with Crippen molar-refractivity contribution in [3.05, 3.63) is 12.3 Å². The Labute approximate surface area is 88.8 Å². The van der Waals surface area contributed by atoms with Crippen LogP contribution in [0.2, 0.25) is 0 Å². The summed E-state index contributed by atoms with van der Waals surface area (Å²) in [5, 5.41) is 3.99. The molecule has 5 nitrogen and oxygen atoms in total. The van der Waals surface area contributed by atoms with Gasteiger partial charge in [-0.25, -0.2) is 0 Å². The van der Waals surface area contributed by atoms with E-state index in [9.17, 15) is 4.79 Å². The number of nitrogens with zero attached hydrogens (tertiary/aromatic N) is 3. The van der Waals surface area contributed by atoms with Crippen LogP contribution in [-0.4, -0.2) is 33.7 Å². The molecule has 0 spiro atoms. The van der Waals surface area contributed by atoms with E-state index in [0.717, 1.165) is 25.9 Å². The maximum atomic E-state index is 11.8. The van der Waals surface area contributed by atoms with E-state index in [0.29, 0.717) is 12.4 Å². The molecule has 2 heterocycles. The van der Waals surface area contributed by atoms with Gasteiger partial charge in [0, 0.05) is 19.3 Å². The van der Waals surface area contributed by atoms with Crippen LogP contribution < -0.4 is 5.73 Å². The van der Waals surface area contributed by atoms with Gasteiger partial charge < -0.3 is 10.6 Å². The summed E-state index contributed by atoms with van der Waals surface area (Å²) in [6.07, 6.45) is 5.20. The second-order valence-corrected chi connectivity index (χ2v) is 3.88. The second kappa shape index (κ2) is 4.33. The van der Waals surface area contributed by atoms with Gasteiger partial charge >= 0.3 is 0 Å². The Morgan fingerprint density at radius 2 is 2.13 bits per heavy atom. The van der Waals surface area contributed by atoms with E-state index >= 15 is 0 Å². The van der Waals surface area contributed by atoms with Crippen LogP contribution in [0.3, 0.4) is 0 Å². The summed E-state index contributed by atoms with van der Waals surface area (Å²) < 4.78 is 1.59. The van der Waals surface area contributed by atoms with Crippen molar-refractivity contribution in [2.45, 2.75) is 25.8 Å². The molecule has 1 saturated heterocycles. The average molecular weight is 208 g/mol. The first-order valence-electron chi connectivity index (χ1n) is 5.32. The Morgan fingerprint density at radius 1 is 1.40 bits per heavy atom. The lowest BCUT2D eigenvalue weighted by molar-refractivity contribution is -0.132. The summed E-state index contributed by atoms with van der Waals surface area (Å²) in [5.41, 5.74) is 5.48. The third-order valence-electron chi connectivity index (χ3n) is 2.67. The molecule has 0 aliphatic carbocycles. The topological polar surface area (TPSA) is 64.2 Å². The molecule has 1 aromatic rings. The van der Waals surface area contributed by atoms with Crippen molar-refractivity contribution in [1.29, 1.82) is 0 Å². The van der Waals surface area contributed by atoms with E-state index in [1.807, 2.05) is 4.90 Å². The Bertz CT molecular complexity index is 341. The molecule has 2 rings (SSSR count). The van der Waals surface area contributed by atoms with E-state index < -0.39 is 0 Å². The maximum absolute atomic E-state index is 11.8. The monoisotopic (exact) mass is 208 g/mol. The fourth-order valence-corrected chi connectivity index (χ4v) is 1.85. The highest BCUT2D eigenvalue weighted by Crippen LogP contribution is 2.09. The van der Waals surface area contributed by atoms with Crippen molar-refractivity contribution in [3.8, 4) is 0 Å². The van der Waals surface area contributed by atoms with Gasteiger partial charge in [0.1, 0.15) is 12.4 Å². The molecule has 0 unspecified atom stereocenters. The normalized spacial score (nSPS) is 16.7. The third kappa shape index (κ3) is 2.49. The minimum absolute atomic E-state index is 0.137. The van der Waals surface area contributed by atoms with Gasteiger partial charge in [-0.3, -0.25) is 9.48 Å². The van der Waals surface area contributed by atoms with Crippen LogP contribution in [0.25, 0.3) is 0 Å². The van der Waals surface area contributed by atoms with Gasteiger partial charge in [0.25, 0.3) is 0 Å². The number of nitrogen functional groups attached to an aromatic ring is 1. The van der Waals surface area contributed by atoms with Gasteiger partial charge in [0.2, 0.25) is 5.91 Å². The van der Waals surface area contributed by atoms with E-state index in [-0.39, 0.29) is 5.91 Å². The summed E-state index contributed by atoms with van der Waals surface area (Å²) in [6.45, 7) is 2.07. The number of hydrogen-bond acceptors (Lipinski definition) is 3. The van der Waals surface area contributed by atoms with Crippen molar-refractivity contribution >= 4 is 11.7 Å². The predicted octanol–water partition coefficient (Wildman–Crippen LogP) is 0.478. The Hall–Kier alpha value is -1.52. The summed E-state index contributed by atoms with van der Waals surface area (Å²) in [5.74, 6) is 0.597. The Kier molecular flexibility index (Phi) is 2.89. The van der Waals surface area contributed by atoms with Crippen LogP contribution in [0.1, 0.15) is 19.3 Å². The van der Waals surface area contributed by atoms with E-state index in [1.165, 1.54) is 6.42 Å². The SMILES string of the molecule is Nc1ccn(CC(=O)N2CCCCC2)n1. The number of carbonyl (C=O) groups is 1. The molecule has 0 radical (unpaired) electrons. The first-order chi connectivity index (χ1) is 7.25. The molecule has 1 amide bonds. The van der Waals surface area contributed by atoms with Crippen LogP contribution in [0.4, 0.5) is 5.82 Å². The lowest BCUT2D eigenvalue weighted by Crippen LogP contribution is -2.37. The maximum Gasteiger partial charge on any atom is 0.244 e. The molecule has 15 heavy (non-hydrogen) atoms. The Morgan fingerprint density at radius 3 is 2.73 bits per heavy atom. The van der Waals surface area contributed by atoms with Gasteiger partial charge in [0.15, 0.2) is 0 Å². The van der Waals surface area contributed by atoms with Gasteiger partial charge in [-0.15, -0.1) is 0 Å². The van der Waals surface area contributed by atoms with Crippen LogP contribution in [-0.2, 0) is 11.3 Å². The van der Waals surface area contributed by atoms with Crippen LogP contribution in [0, 0.1) is 0 Å². The number of amides is 1. The number of hydrogen-bond donors (Lipinski definition) is 1. The molecule has 0 saturated carbocycles. The number of likely N-dealkylation sites (tertiary alicyclic amines) is 1. The standard InChI is InChI=1S/C10H16N4O/c11-9-4-7-14(12-9)8-10(15)13-5-2-1-3-6-13/h4,7H,1-3,5-6,8H2,(H2,11,12). The minimum atomic E-state index is 0.137. The van der Waals surface area contributed by atoms with Crippen LogP contribution >= 0.6 is 0 Å². The predicted molar refractivity (Wildman–Crippen MR) is 57.1 cm³/mol. The lowest BCUT2D eigenvalue weighted by atomic mass is 10.1. The van der Waals surface area contributed by atoms with Crippen LogP contribution in [0.5, 0.6) is 0 Å². The van der Waals surface area contributed by atoms with Crippen LogP contribution in [0.15, 0.2) is 12.3 Å². The molecule has 82 valence electrons. The molecule has 0 atom stereocenters. The van der Waals surface area contributed by atoms with Crippen molar-refractivity contribution in [2.24, 2.45) is 0 Å². The Balaban J connectivity index is 1.91. The van der Waals surface area contributed by atoms with Crippen molar-refractivity contribution in [3.63, 3.8) is 0 Å². The first kappa shape index (κ1) is 10.0. The van der Waals surface area contributed by atoms with Gasteiger partial charge in [-0.2, -0.15) is 5.10 Å². The molecule has 5 heteroatoms. The van der Waals surface area contributed by atoms with E-state index in [1.54, 1.807) is 16.9 Å². The second-order valence-electron chi connectivity index (χ2n) is 3.88. The third-order valence-corrected chi connectivity index (χ3v) is 2.67. The highest BCUT2D eigenvalue weighted by Gasteiger charge is 2.16. The average Bonchev–Trinajstić information content (AvgIpc) is 2.65. The molecule has 1 aliphatic rings. The molecule has 1 fully saturated rings. The van der Waals surface area contributed by atoms with E-state index in [2.05, 4.69) is 5.10 Å². The highest BCUT2D eigenvalue weighted by atomic mass is 16.2. The van der Waals surface area contributed by atoms with Gasteiger partial charge in [0.05, 0.1) is 0 Å². The molecule has 2 N–H and O–H groups in total. The molecule has 1 aliphatic heterocycles. The number of carbonyl (C=O) groups excluding carboxylic acids is 1. The smallest absolute Gasteiger partial charge is 0.244 e. The van der Waals surface area contributed by atoms with Gasteiger partial charge in [-0.1, -0.05) is 0 Å². The zero-order chi connectivity index (χ0) is 10.7. The fraction of sp³-hybridized carbons (Fsp3) is 0.600. The molecular formula is C10H16N4O. The number of anilines is 1. The van der Waals surface area contributed by atoms with Crippen molar-refractivity contribution in [1.82, 2.24) is 14.7 Å². The zero-order valence-electron chi connectivity index (χ0n) is 8.72. The van der Waals surface area contributed by atoms with Crippen molar-refractivity contribution < 1.29 is 4.79 Å². The number of nitrogens with two attached hydrogens (primary N) is 1. The van der Waals surface area contributed by atoms with Gasteiger partial charge in [-0.05, 0) is 25.3 Å². The molecule has 0 bridgehead atoms. The number of rotatable bonds is 2. The summed E-state index contributed by atoms with van der Waals surface area (Å²) in [7, 11) is 0. The molecule has 0 aromatic carbocycles. The first-order valence-corrected chi connectivity index (χ1v) is 5.32. The quantitative estimate of drug-likeness (QED) is 0.768. The fourth-order valence-electron chi connectivity index (χ4n) is 1.85. The molecule has 1 aromatic heterocycles. The zero-order valence-corrected chi connectivity index (χ0v) is 8.72. The largest absolute Gasteiger partial charge is 0.382 e. The molecular weight excluding hydrogens is 192 g/mol. The number of aromatic nitrogens is 2. The lowest BCUT2D eigenvalue weighted by Gasteiger charge is -2.26. The number of piperidine rings is 1. The summed E-state index contributed by atoms with van der Waals surface area (Å²) in [6, 6.07) is 1.70. The highest BCUT2D eigenvalue weighted by molar-refractivity contribution is 5.76. The van der Waals surface area contributed by atoms with E-state index in [4.69, 9.17) is 5.73 Å². The summed E-state index contributed by atoms with van der Waals surface area (Å²) in [4.78, 5) is 13.7.